The number of rotatable bonds is 9. The summed E-state index contributed by atoms with van der Waals surface area (Å²) in [5.41, 5.74) is 0. The van der Waals surface area contributed by atoms with E-state index in [0.717, 1.165) is 0 Å². The lowest BCUT2D eigenvalue weighted by Gasteiger charge is -2.46. The molecule has 0 aromatic carbocycles. The zero-order valence-electron chi connectivity index (χ0n) is 12.8. The molecule has 108 valence electrons. The second kappa shape index (κ2) is 9.76. The molecule has 1 rings (SSSR count). The maximum Gasteiger partial charge on any atom is 0.0293 e. The third kappa shape index (κ3) is 5.25. The van der Waals surface area contributed by atoms with Crippen molar-refractivity contribution in [1.82, 2.24) is 15.1 Å². The van der Waals surface area contributed by atoms with Crippen molar-refractivity contribution in [2.75, 3.05) is 32.7 Å². The molecule has 0 aromatic heterocycles. The molecule has 3 heteroatoms. The summed E-state index contributed by atoms with van der Waals surface area (Å²) in [6.07, 6.45) is 9.18. The van der Waals surface area contributed by atoms with E-state index in [-0.39, 0.29) is 0 Å². The zero-order chi connectivity index (χ0) is 13.2. The summed E-state index contributed by atoms with van der Waals surface area (Å²) in [4.78, 5) is 0. The molecule has 0 radical (unpaired) electrons. The fourth-order valence-corrected chi connectivity index (χ4v) is 2.56. The van der Waals surface area contributed by atoms with Gasteiger partial charge in [0.2, 0.25) is 0 Å². The predicted molar refractivity (Wildman–Crippen MR) is 79.2 cm³/mol. The minimum absolute atomic E-state index is 1.21. The monoisotopic (exact) mass is 255 g/mol. The highest BCUT2D eigenvalue weighted by atomic mass is 15.9. The first-order chi connectivity index (χ1) is 8.83. The standard InChI is InChI=1S/C15H33N3/c1-4-7-11-16-13-10-14-17(12-8-5-2)18(16)15-9-6-3/h4-15H2,1-3H3. The zero-order valence-corrected chi connectivity index (χ0v) is 12.8. The SMILES string of the molecule is CCCCN1CCCN(CCCC)N1CCCC. The van der Waals surface area contributed by atoms with Crippen LogP contribution in [0.3, 0.4) is 0 Å². The van der Waals surface area contributed by atoms with Crippen molar-refractivity contribution in [2.45, 2.75) is 65.7 Å². The fraction of sp³-hybridized carbons (Fsp3) is 1.00. The van der Waals surface area contributed by atoms with E-state index in [2.05, 4.69) is 35.9 Å². The van der Waals surface area contributed by atoms with Crippen LogP contribution in [0.4, 0.5) is 0 Å². The van der Waals surface area contributed by atoms with Crippen molar-refractivity contribution < 1.29 is 0 Å². The molecule has 0 atom stereocenters. The van der Waals surface area contributed by atoms with Gasteiger partial charge in [-0.1, -0.05) is 40.0 Å². The third-order valence-electron chi connectivity index (χ3n) is 3.74. The molecule has 18 heavy (non-hydrogen) atoms. The van der Waals surface area contributed by atoms with Gasteiger partial charge >= 0.3 is 0 Å². The van der Waals surface area contributed by atoms with Crippen molar-refractivity contribution >= 4 is 0 Å². The van der Waals surface area contributed by atoms with Crippen LogP contribution in [-0.2, 0) is 0 Å². The molecular weight excluding hydrogens is 222 g/mol. The number of unbranched alkanes of at least 4 members (excludes halogenated alkanes) is 3. The summed E-state index contributed by atoms with van der Waals surface area (Å²) in [6, 6.07) is 0. The minimum atomic E-state index is 1.21. The lowest BCUT2D eigenvalue weighted by atomic mass is 10.2. The first-order valence-corrected chi connectivity index (χ1v) is 8.10. The summed E-state index contributed by atoms with van der Waals surface area (Å²) in [5, 5.41) is 7.76. The van der Waals surface area contributed by atoms with Crippen molar-refractivity contribution in [2.24, 2.45) is 0 Å². The van der Waals surface area contributed by atoms with E-state index in [4.69, 9.17) is 0 Å². The Balaban J connectivity index is 2.51. The van der Waals surface area contributed by atoms with Crippen LogP contribution >= 0.6 is 0 Å². The average Bonchev–Trinajstić information content (AvgIpc) is 2.41. The Labute approximate surface area is 114 Å². The first-order valence-electron chi connectivity index (χ1n) is 8.10. The van der Waals surface area contributed by atoms with Gasteiger partial charge in [0.15, 0.2) is 0 Å². The Morgan fingerprint density at radius 1 is 0.667 bits per heavy atom. The van der Waals surface area contributed by atoms with Crippen LogP contribution in [0.25, 0.3) is 0 Å². The van der Waals surface area contributed by atoms with E-state index in [1.807, 2.05) is 0 Å². The highest BCUT2D eigenvalue weighted by molar-refractivity contribution is 4.66. The second-order valence-electron chi connectivity index (χ2n) is 5.42. The van der Waals surface area contributed by atoms with Crippen molar-refractivity contribution in [3.63, 3.8) is 0 Å². The van der Waals surface area contributed by atoms with Crippen molar-refractivity contribution in [3.05, 3.63) is 0 Å². The van der Waals surface area contributed by atoms with E-state index < -0.39 is 0 Å². The number of hydrazine groups is 2. The fourth-order valence-electron chi connectivity index (χ4n) is 2.56. The lowest BCUT2D eigenvalue weighted by molar-refractivity contribution is -0.211. The largest absolute Gasteiger partial charge is 0.228 e. The minimum Gasteiger partial charge on any atom is -0.228 e. The summed E-state index contributed by atoms with van der Waals surface area (Å²) < 4.78 is 0. The molecule has 3 nitrogen and oxygen atoms in total. The molecule has 1 saturated heterocycles. The van der Waals surface area contributed by atoms with Crippen LogP contribution in [0.15, 0.2) is 0 Å². The molecule has 0 bridgehead atoms. The number of hydrogen-bond acceptors (Lipinski definition) is 3. The molecular formula is C15H33N3. The summed E-state index contributed by atoms with van der Waals surface area (Å²) in [6.45, 7) is 13.1. The van der Waals surface area contributed by atoms with Crippen LogP contribution in [0, 0.1) is 0 Å². The van der Waals surface area contributed by atoms with Crippen molar-refractivity contribution in [3.8, 4) is 0 Å². The average molecular weight is 255 g/mol. The van der Waals surface area contributed by atoms with Crippen LogP contribution in [0.2, 0.25) is 0 Å². The van der Waals surface area contributed by atoms with Gasteiger partial charge in [0.1, 0.15) is 0 Å². The van der Waals surface area contributed by atoms with Gasteiger partial charge in [0.25, 0.3) is 0 Å². The Morgan fingerprint density at radius 2 is 1.11 bits per heavy atom. The summed E-state index contributed by atoms with van der Waals surface area (Å²) in [7, 11) is 0. The Bertz CT molecular complexity index is 180. The maximum absolute atomic E-state index is 2.60. The maximum atomic E-state index is 2.60. The van der Waals surface area contributed by atoms with Gasteiger partial charge in [0, 0.05) is 32.7 Å². The Hall–Kier alpha value is -0.120. The molecule has 1 aliphatic heterocycles. The third-order valence-corrected chi connectivity index (χ3v) is 3.74. The highest BCUT2D eigenvalue weighted by Crippen LogP contribution is 2.15. The second-order valence-corrected chi connectivity index (χ2v) is 5.42. The highest BCUT2D eigenvalue weighted by Gasteiger charge is 2.25. The van der Waals surface area contributed by atoms with Gasteiger partial charge in [-0.25, -0.2) is 10.0 Å². The molecule has 0 saturated carbocycles. The normalized spacial score (nSPS) is 19.5. The topological polar surface area (TPSA) is 9.72 Å². The Kier molecular flexibility index (Phi) is 8.64. The van der Waals surface area contributed by atoms with E-state index in [9.17, 15) is 0 Å². The molecule has 0 aromatic rings. The van der Waals surface area contributed by atoms with E-state index in [0.29, 0.717) is 0 Å². The quantitative estimate of drug-likeness (QED) is 0.624. The van der Waals surface area contributed by atoms with E-state index >= 15 is 0 Å². The molecule has 1 fully saturated rings. The van der Waals surface area contributed by atoms with Gasteiger partial charge in [-0.3, -0.25) is 0 Å². The molecule has 1 aliphatic rings. The van der Waals surface area contributed by atoms with E-state index in [1.54, 1.807) is 0 Å². The Morgan fingerprint density at radius 3 is 1.56 bits per heavy atom. The van der Waals surface area contributed by atoms with Gasteiger partial charge in [-0.15, -0.1) is 0 Å². The predicted octanol–water partition coefficient (Wildman–Crippen LogP) is 3.53. The van der Waals surface area contributed by atoms with Crippen LogP contribution in [0.5, 0.6) is 0 Å². The van der Waals surface area contributed by atoms with Gasteiger partial charge < -0.3 is 0 Å². The van der Waals surface area contributed by atoms with Crippen LogP contribution in [-0.4, -0.2) is 47.9 Å². The smallest absolute Gasteiger partial charge is 0.0293 e. The van der Waals surface area contributed by atoms with Crippen LogP contribution < -0.4 is 0 Å². The molecule has 0 N–H and O–H groups in total. The summed E-state index contributed by atoms with van der Waals surface area (Å²) in [5.74, 6) is 0. The van der Waals surface area contributed by atoms with Gasteiger partial charge in [0.05, 0.1) is 0 Å². The lowest BCUT2D eigenvalue weighted by Crippen LogP contribution is -2.58. The molecule has 1 heterocycles. The molecule has 0 unspecified atom stereocenters. The first kappa shape index (κ1) is 15.9. The molecule has 0 amide bonds. The summed E-state index contributed by atoms with van der Waals surface area (Å²) >= 11 is 0. The molecule has 0 spiro atoms. The van der Waals surface area contributed by atoms with Gasteiger partial charge in [-0.05, 0) is 25.7 Å². The van der Waals surface area contributed by atoms with E-state index in [1.165, 1.54) is 77.7 Å². The molecule has 0 aliphatic carbocycles. The van der Waals surface area contributed by atoms with Gasteiger partial charge in [-0.2, -0.15) is 5.12 Å². The van der Waals surface area contributed by atoms with Crippen molar-refractivity contribution in [1.29, 1.82) is 0 Å². The number of hydrogen-bond donors (Lipinski definition) is 0. The number of nitrogens with zero attached hydrogens (tertiary/aromatic N) is 3. The van der Waals surface area contributed by atoms with Crippen LogP contribution in [0.1, 0.15) is 65.7 Å².